The summed E-state index contributed by atoms with van der Waals surface area (Å²) in [6, 6.07) is 0. The van der Waals surface area contributed by atoms with Crippen LogP contribution in [0, 0.1) is 10.8 Å². The maximum atomic E-state index is 9.97. The standard InChI is InChI=1S/C12H22O/c1-11(2)6-8-12(9-7-11)5-3-4-10(12)13/h10,13H,3-9H2,1-2H3. The van der Waals surface area contributed by atoms with Crippen molar-refractivity contribution in [2.45, 2.75) is 64.9 Å². The number of hydrogen-bond donors (Lipinski definition) is 1. The maximum Gasteiger partial charge on any atom is 0.0596 e. The zero-order chi connectivity index (χ0) is 9.53. The fraction of sp³-hybridized carbons (Fsp3) is 1.00. The third-order valence-corrected chi connectivity index (χ3v) is 4.46. The third kappa shape index (κ3) is 1.63. The molecule has 2 aliphatic carbocycles. The summed E-state index contributed by atoms with van der Waals surface area (Å²) in [4.78, 5) is 0. The van der Waals surface area contributed by atoms with Gasteiger partial charge < -0.3 is 5.11 Å². The molecule has 0 radical (unpaired) electrons. The average Bonchev–Trinajstić information content (AvgIpc) is 2.41. The Morgan fingerprint density at radius 2 is 1.62 bits per heavy atom. The van der Waals surface area contributed by atoms with Gasteiger partial charge in [-0.1, -0.05) is 20.3 Å². The van der Waals surface area contributed by atoms with E-state index in [4.69, 9.17) is 0 Å². The third-order valence-electron chi connectivity index (χ3n) is 4.46. The van der Waals surface area contributed by atoms with Crippen molar-refractivity contribution in [1.82, 2.24) is 0 Å². The highest BCUT2D eigenvalue weighted by Crippen LogP contribution is 2.53. The average molecular weight is 182 g/mol. The minimum Gasteiger partial charge on any atom is -0.393 e. The fourth-order valence-electron chi connectivity index (χ4n) is 3.13. The summed E-state index contributed by atoms with van der Waals surface area (Å²) in [6.45, 7) is 4.72. The molecule has 2 rings (SSSR count). The SMILES string of the molecule is CC1(C)CCC2(CCCC2O)CC1. The predicted molar refractivity (Wildman–Crippen MR) is 54.5 cm³/mol. The molecule has 1 heteroatoms. The van der Waals surface area contributed by atoms with Crippen LogP contribution in [-0.2, 0) is 0 Å². The molecule has 1 nitrogen and oxygen atoms in total. The van der Waals surface area contributed by atoms with Crippen LogP contribution in [0.25, 0.3) is 0 Å². The van der Waals surface area contributed by atoms with Crippen molar-refractivity contribution in [1.29, 1.82) is 0 Å². The highest BCUT2D eigenvalue weighted by Gasteiger charge is 2.45. The first-order valence-corrected chi connectivity index (χ1v) is 5.72. The Labute approximate surface area is 81.5 Å². The summed E-state index contributed by atoms with van der Waals surface area (Å²) in [5.74, 6) is 0. The van der Waals surface area contributed by atoms with Crippen LogP contribution in [0.4, 0.5) is 0 Å². The van der Waals surface area contributed by atoms with E-state index >= 15 is 0 Å². The molecule has 1 N–H and O–H groups in total. The van der Waals surface area contributed by atoms with Gasteiger partial charge in [0.2, 0.25) is 0 Å². The Morgan fingerprint density at radius 3 is 2.08 bits per heavy atom. The summed E-state index contributed by atoms with van der Waals surface area (Å²) >= 11 is 0. The van der Waals surface area contributed by atoms with Crippen LogP contribution in [0.1, 0.15) is 58.8 Å². The predicted octanol–water partition coefficient (Wildman–Crippen LogP) is 3.12. The molecule has 1 atom stereocenters. The second kappa shape index (κ2) is 2.98. The molecule has 1 unspecified atom stereocenters. The Morgan fingerprint density at radius 1 is 1.00 bits per heavy atom. The molecule has 2 saturated carbocycles. The van der Waals surface area contributed by atoms with Gasteiger partial charge in [0, 0.05) is 0 Å². The highest BCUT2D eigenvalue weighted by atomic mass is 16.3. The lowest BCUT2D eigenvalue weighted by molar-refractivity contribution is -0.00399. The lowest BCUT2D eigenvalue weighted by Gasteiger charge is -2.43. The zero-order valence-electron chi connectivity index (χ0n) is 8.97. The monoisotopic (exact) mass is 182 g/mol. The van der Waals surface area contributed by atoms with Crippen LogP contribution in [0.5, 0.6) is 0 Å². The van der Waals surface area contributed by atoms with Crippen LogP contribution in [0.3, 0.4) is 0 Å². The first-order valence-electron chi connectivity index (χ1n) is 5.72. The van der Waals surface area contributed by atoms with Gasteiger partial charge in [0.1, 0.15) is 0 Å². The second-order valence-electron chi connectivity index (χ2n) is 5.93. The molecule has 0 amide bonds. The van der Waals surface area contributed by atoms with Gasteiger partial charge in [-0.25, -0.2) is 0 Å². The smallest absolute Gasteiger partial charge is 0.0596 e. The summed E-state index contributed by atoms with van der Waals surface area (Å²) in [7, 11) is 0. The summed E-state index contributed by atoms with van der Waals surface area (Å²) in [5.41, 5.74) is 0.878. The Balaban J connectivity index is 2.04. The minimum absolute atomic E-state index is 0.0172. The van der Waals surface area contributed by atoms with E-state index in [0.717, 1.165) is 6.42 Å². The molecule has 0 heterocycles. The van der Waals surface area contributed by atoms with Crippen molar-refractivity contribution in [3.63, 3.8) is 0 Å². The topological polar surface area (TPSA) is 20.2 Å². The normalized spacial score (nSPS) is 36.7. The van der Waals surface area contributed by atoms with Gasteiger partial charge in [0.25, 0.3) is 0 Å². The number of aliphatic hydroxyl groups excluding tert-OH is 1. The van der Waals surface area contributed by atoms with E-state index in [9.17, 15) is 5.11 Å². The number of rotatable bonds is 0. The van der Waals surface area contributed by atoms with Crippen molar-refractivity contribution in [3.8, 4) is 0 Å². The van der Waals surface area contributed by atoms with Crippen LogP contribution in [-0.4, -0.2) is 11.2 Å². The van der Waals surface area contributed by atoms with E-state index < -0.39 is 0 Å². The van der Waals surface area contributed by atoms with Crippen molar-refractivity contribution < 1.29 is 5.11 Å². The van der Waals surface area contributed by atoms with E-state index in [2.05, 4.69) is 13.8 Å². The molecule has 0 aromatic rings. The van der Waals surface area contributed by atoms with E-state index in [0.29, 0.717) is 10.8 Å². The molecule has 13 heavy (non-hydrogen) atoms. The van der Waals surface area contributed by atoms with E-state index in [-0.39, 0.29) is 6.10 Å². The van der Waals surface area contributed by atoms with Crippen LogP contribution < -0.4 is 0 Å². The van der Waals surface area contributed by atoms with Gasteiger partial charge in [0.15, 0.2) is 0 Å². The van der Waals surface area contributed by atoms with Crippen molar-refractivity contribution in [3.05, 3.63) is 0 Å². The molecule has 0 aliphatic heterocycles. The zero-order valence-corrected chi connectivity index (χ0v) is 8.97. The summed E-state index contributed by atoms with van der Waals surface area (Å²) < 4.78 is 0. The van der Waals surface area contributed by atoms with E-state index in [1.807, 2.05) is 0 Å². The van der Waals surface area contributed by atoms with Crippen molar-refractivity contribution >= 4 is 0 Å². The van der Waals surface area contributed by atoms with E-state index in [1.165, 1.54) is 38.5 Å². The maximum absolute atomic E-state index is 9.97. The first kappa shape index (κ1) is 9.51. The summed E-state index contributed by atoms with van der Waals surface area (Å²) in [6.07, 6.45) is 8.76. The molecule has 0 aromatic carbocycles. The Hall–Kier alpha value is -0.0400. The van der Waals surface area contributed by atoms with Gasteiger partial charge in [-0.15, -0.1) is 0 Å². The highest BCUT2D eigenvalue weighted by molar-refractivity contribution is 4.96. The molecule has 0 saturated heterocycles. The molecule has 76 valence electrons. The lowest BCUT2D eigenvalue weighted by atomic mass is 9.63. The molecule has 2 aliphatic rings. The van der Waals surface area contributed by atoms with Gasteiger partial charge >= 0.3 is 0 Å². The quantitative estimate of drug-likeness (QED) is 0.610. The van der Waals surface area contributed by atoms with Crippen LogP contribution >= 0.6 is 0 Å². The first-order chi connectivity index (χ1) is 6.04. The molecular weight excluding hydrogens is 160 g/mol. The largest absolute Gasteiger partial charge is 0.393 e. The Bertz CT molecular complexity index is 185. The summed E-state index contributed by atoms with van der Waals surface area (Å²) in [5, 5.41) is 9.97. The number of aliphatic hydroxyl groups is 1. The molecule has 0 aromatic heterocycles. The lowest BCUT2D eigenvalue weighted by Crippen LogP contribution is -2.36. The molecular formula is C12H22O. The van der Waals surface area contributed by atoms with Crippen molar-refractivity contribution in [2.75, 3.05) is 0 Å². The number of hydrogen-bond acceptors (Lipinski definition) is 1. The van der Waals surface area contributed by atoms with Crippen molar-refractivity contribution in [2.24, 2.45) is 10.8 Å². The Kier molecular flexibility index (Phi) is 2.18. The van der Waals surface area contributed by atoms with E-state index in [1.54, 1.807) is 0 Å². The molecule has 0 bridgehead atoms. The van der Waals surface area contributed by atoms with Gasteiger partial charge in [0.05, 0.1) is 6.10 Å². The van der Waals surface area contributed by atoms with Crippen LogP contribution in [0.2, 0.25) is 0 Å². The molecule has 1 spiro atoms. The second-order valence-corrected chi connectivity index (χ2v) is 5.93. The van der Waals surface area contributed by atoms with Gasteiger partial charge in [-0.2, -0.15) is 0 Å². The van der Waals surface area contributed by atoms with Gasteiger partial charge in [-0.3, -0.25) is 0 Å². The van der Waals surface area contributed by atoms with Crippen LogP contribution in [0.15, 0.2) is 0 Å². The fourth-order valence-corrected chi connectivity index (χ4v) is 3.13. The van der Waals surface area contributed by atoms with Gasteiger partial charge in [-0.05, 0) is 49.4 Å². The molecule has 2 fully saturated rings. The minimum atomic E-state index is 0.0172.